The molecule has 0 bridgehead atoms. The highest BCUT2D eigenvalue weighted by atomic mass is 19.2. The number of aromatic nitrogens is 2. The molecule has 0 atom stereocenters. The van der Waals surface area contributed by atoms with E-state index < -0.39 is 17.6 Å². The second-order valence-electron chi connectivity index (χ2n) is 4.14. The van der Waals surface area contributed by atoms with Crippen molar-refractivity contribution in [2.45, 2.75) is 19.9 Å². The number of aliphatic carboxylic acids is 1. The van der Waals surface area contributed by atoms with Crippen LogP contribution in [0.15, 0.2) is 24.4 Å². The number of halogens is 2. The number of aryl methyl sites for hydroxylation is 1. The van der Waals surface area contributed by atoms with Gasteiger partial charge in [0.25, 0.3) is 0 Å². The minimum Gasteiger partial charge on any atom is -0.481 e. The number of carbonyl (C=O) groups is 1. The molecular weight excluding hydrogens is 254 g/mol. The Balaban J connectivity index is 2.30. The van der Waals surface area contributed by atoms with E-state index in [9.17, 15) is 13.6 Å². The monoisotopic (exact) mass is 266 g/mol. The molecule has 0 fully saturated rings. The molecule has 0 amide bonds. The lowest BCUT2D eigenvalue weighted by Gasteiger charge is -2.04. The summed E-state index contributed by atoms with van der Waals surface area (Å²) in [5, 5.41) is 12.7. The molecule has 0 saturated heterocycles. The van der Waals surface area contributed by atoms with Gasteiger partial charge in [-0.1, -0.05) is 6.07 Å². The lowest BCUT2D eigenvalue weighted by atomic mass is 10.1. The van der Waals surface area contributed by atoms with Crippen LogP contribution in [0.4, 0.5) is 8.78 Å². The number of rotatable bonds is 4. The molecule has 0 saturated carbocycles. The topological polar surface area (TPSA) is 55.1 Å². The average molecular weight is 266 g/mol. The Labute approximate surface area is 108 Å². The fourth-order valence-corrected chi connectivity index (χ4v) is 1.82. The molecule has 0 spiro atoms. The molecule has 1 N–H and O–H groups in total. The van der Waals surface area contributed by atoms with Gasteiger partial charge >= 0.3 is 5.97 Å². The van der Waals surface area contributed by atoms with E-state index in [4.69, 9.17) is 5.11 Å². The van der Waals surface area contributed by atoms with Crippen molar-refractivity contribution in [3.63, 3.8) is 0 Å². The van der Waals surface area contributed by atoms with E-state index in [1.165, 1.54) is 16.9 Å². The Bertz CT molecular complexity index is 623. The average Bonchev–Trinajstić information content (AvgIpc) is 2.72. The van der Waals surface area contributed by atoms with Gasteiger partial charge in [-0.15, -0.1) is 0 Å². The second kappa shape index (κ2) is 5.17. The van der Waals surface area contributed by atoms with Gasteiger partial charge in [0.2, 0.25) is 0 Å². The Kier molecular flexibility index (Phi) is 3.59. The predicted molar refractivity (Wildman–Crippen MR) is 64.6 cm³/mol. The predicted octanol–water partition coefficient (Wildman–Crippen LogP) is 2.61. The maximum atomic E-state index is 13.2. The van der Waals surface area contributed by atoms with Crippen molar-refractivity contribution in [2.24, 2.45) is 0 Å². The van der Waals surface area contributed by atoms with Gasteiger partial charge in [-0.25, -0.2) is 8.78 Å². The lowest BCUT2D eigenvalue weighted by Crippen LogP contribution is -2.07. The van der Waals surface area contributed by atoms with Crippen LogP contribution in [0, 0.1) is 18.6 Å². The minimum absolute atomic E-state index is 0.0419. The molecule has 2 rings (SSSR count). The zero-order chi connectivity index (χ0) is 14.0. The van der Waals surface area contributed by atoms with E-state index in [-0.39, 0.29) is 13.0 Å². The standard InChI is InChI=1S/C13H12F2N2O2/c1-8-10(7-16-17(8)5-4-13(18)19)9-2-3-11(14)12(15)6-9/h2-3,6-7H,4-5H2,1H3,(H,18,19). The largest absolute Gasteiger partial charge is 0.481 e. The van der Waals surface area contributed by atoms with Crippen molar-refractivity contribution < 1.29 is 18.7 Å². The maximum absolute atomic E-state index is 13.2. The van der Waals surface area contributed by atoms with Crippen LogP contribution in [0.25, 0.3) is 11.1 Å². The van der Waals surface area contributed by atoms with Crippen molar-refractivity contribution >= 4 is 5.97 Å². The second-order valence-corrected chi connectivity index (χ2v) is 4.14. The molecule has 0 unspecified atom stereocenters. The molecule has 0 aliphatic carbocycles. The fraction of sp³-hybridized carbons (Fsp3) is 0.231. The zero-order valence-corrected chi connectivity index (χ0v) is 10.2. The fourth-order valence-electron chi connectivity index (χ4n) is 1.82. The highest BCUT2D eigenvalue weighted by Crippen LogP contribution is 2.24. The number of benzene rings is 1. The molecule has 19 heavy (non-hydrogen) atoms. The maximum Gasteiger partial charge on any atom is 0.305 e. The molecule has 0 aliphatic rings. The molecule has 2 aromatic rings. The summed E-state index contributed by atoms with van der Waals surface area (Å²) in [5.41, 5.74) is 1.88. The van der Waals surface area contributed by atoms with Gasteiger partial charge in [-0.3, -0.25) is 9.48 Å². The SMILES string of the molecule is Cc1c(-c2ccc(F)c(F)c2)cnn1CCC(=O)O. The summed E-state index contributed by atoms with van der Waals surface area (Å²) in [6.45, 7) is 2.00. The highest BCUT2D eigenvalue weighted by molar-refractivity contribution is 5.67. The van der Waals surface area contributed by atoms with Crippen LogP contribution in [-0.4, -0.2) is 20.9 Å². The summed E-state index contributed by atoms with van der Waals surface area (Å²) < 4.78 is 27.6. The van der Waals surface area contributed by atoms with E-state index in [2.05, 4.69) is 5.10 Å². The number of hydrogen-bond donors (Lipinski definition) is 1. The molecule has 4 nitrogen and oxygen atoms in total. The van der Waals surface area contributed by atoms with Crippen molar-refractivity contribution in [3.05, 3.63) is 41.7 Å². The first kappa shape index (κ1) is 13.2. The van der Waals surface area contributed by atoms with Crippen LogP contribution < -0.4 is 0 Å². The normalized spacial score (nSPS) is 10.7. The van der Waals surface area contributed by atoms with Gasteiger partial charge in [0.15, 0.2) is 11.6 Å². The third kappa shape index (κ3) is 2.78. The van der Waals surface area contributed by atoms with E-state index in [0.717, 1.165) is 12.1 Å². The van der Waals surface area contributed by atoms with Gasteiger partial charge in [0.05, 0.1) is 19.2 Å². The van der Waals surface area contributed by atoms with Crippen LogP contribution in [0.2, 0.25) is 0 Å². The lowest BCUT2D eigenvalue weighted by molar-refractivity contribution is -0.137. The third-order valence-corrected chi connectivity index (χ3v) is 2.87. The Morgan fingerprint density at radius 1 is 1.37 bits per heavy atom. The number of nitrogens with zero attached hydrogens (tertiary/aromatic N) is 2. The number of hydrogen-bond acceptors (Lipinski definition) is 2. The summed E-state index contributed by atoms with van der Waals surface area (Å²) in [6.07, 6.45) is 1.48. The molecule has 1 aromatic heterocycles. The van der Waals surface area contributed by atoms with Crippen LogP contribution in [0.3, 0.4) is 0 Å². The molecular formula is C13H12F2N2O2. The van der Waals surface area contributed by atoms with Gasteiger partial charge in [0.1, 0.15) is 0 Å². The Hall–Kier alpha value is -2.24. The van der Waals surface area contributed by atoms with Crippen molar-refractivity contribution in [1.29, 1.82) is 0 Å². The van der Waals surface area contributed by atoms with Crippen LogP contribution in [-0.2, 0) is 11.3 Å². The first-order chi connectivity index (χ1) is 8.99. The van der Waals surface area contributed by atoms with Gasteiger partial charge < -0.3 is 5.11 Å². The van der Waals surface area contributed by atoms with Crippen LogP contribution in [0.1, 0.15) is 12.1 Å². The minimum atomic E-state index is -0.921. The summed E-state index contributed by atoms with van der Waals surface area (Å²) in [6, 6.07) is 3.61. The van der Waals surface area contributed by atoms with Crippen molar-refractivity contribution in [3.8, 4) is 11.1 Å². The Morgan fingerprint density at radius 3 is 2.74 bits per heavy atom. The molecule has 0 aliphatic heterocycles. The van der Waals surface area contributed by atoms with Crippen molar-refractivity contribution in [2.75, 3.05) is 0 Å². The highest BCUT2D eigenvalue weighted by Gasteiger charge is 2.11. The Morgan fingerprint density at radius 2 is 2.11 bits per heavy atom. The number of carboxylic acid groups (broad SMARTS) is 1. The smallest absolute Gasteiger partial charge is 0.305 e. The van der Waals surface area contributed by atoms with Gasteiger partial charge in [0, 0.05) is 11.3 Å². The molecule has 1 heterocycles. The quantitative estimate of drug-likeness (QED) is 0.925. The zero-order valence-electron chi connectivity index (χ0n) is 10.2. The van der Waals surface area contributed by atoms with E-state index in [0.29, 0.717) is 16.8 Å². The molecule has 0 radical (unpaired) electrons. The molecule has 100 valence electrons. The van der Waals surface area contributed by atoms with Crippen molar-refractivity contribution in [1.82, 2.24) is 9.78 Å². The first-order valence-corrected chi connectivity index (χ1v) is 5.68. The third-order valence-electron chi connectivity index (χ3n) is 2.87. The van der Waals surface area contributed by atoms with E-state index in [1.807, 2.05) is 0 Å². The summed E-state index contributed by atoms with van der Waals surface area (Å²) in [7, 11) is 0. The van der Waals surface area contributed by atoms with E-state index >= 15 is 0 Å². The van der Waals surface area contributed by atoms with Crippen LogP contribution in [0.5, 0.6) is 0 Å². The first-order valence-electron chi connectivity index (χ1n) is 5.68. The molecule has 1 aromatic carbocycles. The molecule has 6 heteroatoms. The van der Waals surface area contributed by atoms with Gasteiger partial charge in [-0.2, -0.15) is 5.10 Å². The summed E-state index contributed by atoms with van der Waals surface area (Å²) in [4.78, 5) is 10.5. The number of carboxylic acids is 1. The van der Waals surface area contributed by atoms with E-state index in [1.54, 1.807) is 6.92 Å². The summed E-state index contributed by atoms with van der Waals surface area (Å²) in [5.74, 6) is -2.74. The van der Waals surface area contributed by atoms with Gasteiger partial charge in [-0.05, 0) is 24.6 Å². The summed E-state index contributed by atoms with van der Waals surface area (Å²) >= 11 is 0. The van der Waals surface area contributed by atoms with Crippen LogP contribution >= 0.6 is 0 Å².